The van der Waals surface area contributed by atoms with Crippen LogP contribution in [-0.4, -0.2) is 31.1 Å². The molecule has 2 unspecified atom stereocenters. The first kappa shape index (κ1) is 15.1. The zero-order valence-electron chi connectivity index (χ0n) is 13.6. The number of hydrogen-bond donors (Lipinski definition) is 1. The second-order valence-electron chi connectivity index (χ2n) is 7.04. The molecule has 118 valence electrons. The molecule has 1 saturated heterocycles. The molecule has 0 bridgehead atoms. The summed E-state index contributed by atoms with van der Waals surface area (Å²) in [4.78, 5) is 2.60. The van der Waals surface area contributed by atoms with Gasteiger partial charge in [-0.25, -0.2) is 0 Å². The van der Waals surface area contributed by atoms with Gasteiger partial charge in [-0.1, -0.05) is 13.8 Å². The number of piperidine rings is 1. The zero-order chi connectivity index (χ0) is 14.7. The standard InChI is InChI=1S/C18H30N2O/c1-3-8-20-9-6-15(7-10-20)12-19-13-16-4-5-18(21-16)17-11-14(17)2/h4-5,14-15,17,19H,3,6-13H2,1-2H3. The maximum atomic E-state index is 5.95. The first-order chi connectivity index (χ1) is 10.3. The molecular formula is C18H30N2O. The monoisotopic (exact) mass is 290 g/mol. The van der Waals surface area contributed by atoms with E-state index in [1.54, 1.807) is 0 Å². The lowest BCUT2D eigenvalue weighted by Gasteiger charge is -2.31. The van der Waals surface area contributed by atoms with Crippen LogP contribution in [0.15, 0.2) is 16.5 Å². The molecule has 3 rings (SSSR count). The van der Waals surface area contributed by atoms with Gasteiger partial charge < -0.3 is 14.6 Å². The molecule has 0 spiro atoms. The predicted octanol–water partition coefficient (Wildman–Crippen LogP) is 3.61. The van der Waals surface area contributed by atoms with E-state index in [2.05, 4.69) is 36.2 Å². The van der Waals surface area contributed by atoms with Crippen LogP contribution >= 0.6 is 0 Å². The molecule has 1 N–H and O–H groups in total. The van der Waals surface area contributed by atoms with Crippen LogP contribution in [0, 0.1) is 11.8 Å². The summed E-state index contributed by atoms with van der Waals surface area (Å²) in [5.74, 6) is 4.67. The zero-order valence-corrected chi connectivity index (χ0v) is 13.6. The second kappa shape index (κ2) is 6.97. The van der Waals surface area contributed by atoms with Gasteiger partial charge in [0.25, 0.3) is 0 Å². The Bertz CT molecular complexity index is 434. The molecule has 21 heavy (non-hydrogen) atoms. The number of nitrogens with one attached hydrogen (secondary N) is 1. The molecule has 1 saturated carbocycles. The van der Waals surface area contributed by atoms with Crippen LogP contribution in [0.2, 0.25) is 0 Å². The molecule has 2 atom stereocenters. The van der Waals surface area contributed by atoms with Gasteiger partial charge >= 0.3 is 0 Å². The Hall–Kier alpha value is -0.800. The van der Waals surface area contributed by atoms with Crippen LogP contribution in [0.3, 0.4) is 0 Å². The summed E-state index contributed by atoms with van der Waals surface area (Å²) in [5, 5.41) is 3.59. The Balaban J connectivity index is 1.34. The van der Waals surface area contributed by atoms with Crippen molar-refractivity contribution in [2.24, 2.45) is 11.8 Å². The highest BCUT2D eigenvalue weighted by Crippen LogP contribution is 2.47. The maximum absolute atomic E-state index is 5.95. The number of likely N-dealkylation sites (tertiary alicyclic amines) is 1. The minimum atomic E-state index is 0.696. The molecule has 2 heterocycles. The number of furan rings is 1. The van der Waals surface area contributed by atoms with Crippen molar-refractivity contribution in [3.63, 3.8) is 0 Å². The Morgan fingerprint density at radius 1 is 1.29 bits per heavy atom. The molecule has 0 amide bonds. The molecular weight excluding hydrogens is 260 g/mol. The van der Waals surface area contributed by atoms with E-state index >= 15 is 0 Å². The van der Waals surface area contributed by atoms with E-state index in [4.69, 9.17) is 4.42 Å². The van der Waals surface area contributed by atoms with Gasteiger partial charge in [0.15, 0.2) is 0 Å². The van der Waals surface area contributed by atoms with Gasteiger partial charge in [0.1, 0.15) is 11.5 Å². The molecule has 1 aliphatic carbocycles. The third-order valence-corrected chi connectivity index (χ3v) is 5.14. The lowest BCUT2D eigenvalue weighted by Crippen LogP contribution is -2.37. The van der Waals surface area contributed by atoms with E-state index in [1.165, 1.54) is 51.1 Å². The van der Waals surface area contributed by atoms with Crippen molar-refractivity contribution in [2.45, 2.75) is 52.0 Å². The molecule has 3 nitrogen and oxygen atoms in total. The van der Waals surface area contributed by atoms with Crippen molar-refractivity contribution < 1.29 is 4.42 Å². The minimum Gasteiger partial charge on any atom is -0.464 e. The Morgan fingerprint density at radius 3 is 2.71 bits per heavy atom. The average Bonchev–Trinajstić information content (AvgIpc) is 3.04. The Morgan fingerprint density at radius 2 is 2.05 bits per heavy atom. The highest BCUT2D eigenvalue weighted by Gasteiger charge is 2.36. The lowest BCUT2D eigenvalue weighted by molar-refractivity contribution is 0.182. The summed E-state index contributed by atoms with van der Waals surface area (Å²) in [6, 6.07) is 4.33. The normalized spacial score (nSPS) is 27.1. The fourth-order valence-electron chi connectivity index (χ4n) is 3.54. The van der Waals surface area contributed by atoms with Crippen LogP contribution in [-0.2, 0) is 6.54 Å². The number of hydrogen-bond acceptors (Lipinski definition) is 3. The van der Waals surface area contributed by atoms with Crippen molar-refractivity contribution in [1.82, 2.24) is 10.2 Å². The topological polar surface area (TPSA) is 28.4 Å². The summed E-state index contributed by atoms with van der Waals surface area (Å²) < 4.78 is 5.95. The van der Waals surface area contributed by atoms with E-state index < -0.39 is 0 Å². The Labute approximate surface area is 129 Å². The molecule has 2 fully saturated rings. The maximum Gasteiger partial charge on any atom is 0.117 e. The fraction of sp³-hybridized carbons (Fsp3) is 0.778. The smallest absolute Gasteiger partial charge is 0.117 e. The summed E-state index contributed by atoms with van der Waals surface area (Å²) >= 11 is 0. The summed E-state index contributed by atoms with van der Waals surface area (Å²) in [5.41, 5.74) is 0. The van der Waals surface area contributed by atoms with Gasteiger partial charge in [0.2, 0.25) is 0 Å². The fourth-order valence-corrected chi connectivity index (χ4v) is 3.54. The highest BCUT2D eigenvalue weighted by molar-refractivity contribution is 5.17. The van der Waals surface area contributed by atoms with Gasteiger partial charge in [-0.3, -0.25) is 0 Å². The van der Waals surface area contributed by atoms with Gasteiger partial charge in [-0.15, -0.1) is 0 Å². The van der Waals surface area contributed by atoms with Gasteiger partial charge in [-0.2, -0.15) is 0 Å². The number of nitrogens with zero attached hydrogens (tertiary/aromatic N) is 1. The van der Waals surface area contributed by atoms with Crippen molar-refractivity contribution in [1.29, 1.82) is 0 Å². The van der Waals surface area contributed by atoms with Crippen LogP contribution in [0.25, 0.3) is 0 Å². The van der Waals surface area contributed by atoms with Crippen molar-refractivity contribution >= 4 is 0 Å². The van der Waals surface area contributed by atoms with E-state index in [9.17, 15) is 0 Å². The molecule has 0 aromatic carbocycles. The van der Waals surface area contributed by atoms with Gasteiger partial charge in [0.05, 0.1) is 6.54 Å². The van der Waals surface area contributed by atoms with Crippen LogP contribution in [0.4, 0.5) is 0 Å². The van der Waals surface area contributed by atoms with Crippen LogP contribution in [0.5, 0.6) is 0 Å². The number of rotatable bonds is 7. The van der Waals surface area contributed by atoms with Crippen LogP contribution < -0.4 is 5.32 Å². The first-order valence-corrected chi connectivity index (χ1v) is 8.78. The molecule has 3 heteroatoms. The molecule has 1 aromatic rings. The SMILES string of the molecule is CCCN1CCC(CNCc2ccc(C3CC3C)o2)CC1. The van der Waals surface area contributed by atoms with E-state index in [0.29, 0.717) is 5.92 Å². The Kier molecular flexibility index (Phi) is 5.02. The first-order valence-electron chi connectivity index (χ1n) is 8.78. The summed E-state index contributed by atoms with van der Waals surface area (Å²) in [7, 11) is 0. The van der Waals surface area contributed by atoms with Gasteiger partial charge in [-0.05, 0) is 75.8 Å². The van der Waals surface area contributed by atoms with E-state index in [0.717, 1.165) is 30.7 Å². The quantitative estimate of drug-likeness (QED) is 0.831. The van der Waals surface area contributed by atoms with Crippen molar-refractivity contribution in [3.05, 3.63) is 23.7 Å². The second-order valence-corrected chi connectivity index (χ2v) is 7.04. The summed E-state index contributed by atoms with van der Waals surface area (Å²) in [6.07, 6.45) is 5.27. The molecule has 1 aliphatic heterocycles. The average molecular weight is 290 g/mol. The molecule has 0 radical (unpaired) electrons. The molecule has 2 aliphatic rings. The largest absolute Gasteiger partial charge is 0.464 e. The molecule has 1 aromatic heterocycles. The third-order valence-electron chi connectivity index (χ3n) is 5.14. The highest BCUT2D eigenvalue weighted by atomic mass is 16.3. The van der Waals surface area contributed by atoms with Crippen molar-refractivity contribution in [3.8, 4) is 0 Å². The van der Waals surface area contributed by atoms with Gasteiger partial charge in [0, 0.05) is 5.92 Å². The summed E-state index contributed by atoms with van der Waals surface area (Å²) in [6.45, 7) is 10.4. The van der Waals surface area contributed by atoms with Crippen LogP contribution in [0.1, 0.15) is 57.0 Å². The predicted molar refractivity (Wildman–Crippen MR) is 86.4 cm³/mol. The van der Waals surface area contributed by atoms with E-state index in [1.807, 2.05) is 0 Å². The minimum absolute atomic E-state index is 0.696. The lowest BCUT2D eigenvalue weighted by atomic mass is 9.96. The third kappa shape index (κ3) is 4.10. The van der Waals surface area contributed by atoms with Crippen molar-refractivity contribution in [2.75, 3.05) is 26.2 Å². The van der Waals surface area contributed by atoms with E-state index in [-0.39, 0.29) is 0 Å².